The fraction of sp³-hybridized carbons (Fsp3) is 0.667. The van der Waals surface area contributed by atoms with Crippen molar-refractivity contribution in [2.24, 2.45) is 17.2 Å². The average molecular weight is 235 g/mol. The number of hydrogen-bond acceptors (Lipinski definition) is 5. The van der Waals surface area contributed by atoms with Gasteiger partial charge in [-0.25, -0.2) is 10.8 Å². The van der Waals surface area contributed by atoms with E-state index in [0.29, 0.717) is 17.3 Å². The second-order valence-corrected chi connectivity index (χ2v) is 5.68. The Morgan fingerprint density at radius 2 is 2.24 bits per heavy atom. The summed E-state index contributed by atoms with van der Waals surface area (Å²) in [6, 6.07) is 1.94. The molecule has 3 N–H and O–H groups in total. The zero-order chi connectivity index (χ0) is 12.5. The minimum atomic E-state index is 0.358. The molecule has 1 aromatic rings. The van der Waals surface area contributed by atoms with Crippen LogP contribution < -0.4 is 16.2 Å². The molecule has 94 valence electrons. The highest BCUT2D eigenvalue weighted by Crippen LogP contribution is 2.35. The Hall–Kier alpha value is -1.36. The summed E-state index contributed by atoms with van der Waals surface area (Å²) >= 11 is 0. The molecule has 17 heavy (non-hydrogen) atoms. The first-order chi connectivity index (χ1) is 8.00. The van der Waals surface area contributed by atoms with E-state index in [0.717, 1.165) is 18.9 Å². The smallest absolute Gasteiger partial charge is 0.239 e. The molecule has 1 atom stereocenters. The molecule has 0 radical (unpaired) electrons. The molecule has 0 amide bonds. The van der Waals surface area contributed by atoms with Crippen LogP contribution in [0.5, 0.6) is 0 Å². The molecular formula is C12H21N5. The first-order valence-corrected chi connectivity index (χ1v) is 6.05. The quantitative estimate of drug-likeness (QED) is 0.602. The number of nitrogens with two attached hydrogens (primary N) is 1. The van der Waals surface area contributed by atoms with E-state index in [1.165, 1.54) is 6.42 Å². The lowest BCUT2D eigenvalue weighted by atomic mass is 9.80. The molecule has 2 rings (SSSR count). The topological polar surface area (TPSA) is 67.1 Å². The summed E-state index contributed by atoms with van der Waals surface area (Å²) < 4.78 is 0. The maximum absolute atomic E-state index is 5.32. The summed E-state index contributed by atoms with van der Waals surface area (Å²) in [5.74, 6) is 7.47. The molecule has 1 saturated heterocycles. The molecule has 1 aromatic heterocycles. The van der Waals surface area contributed by atoms with Gasteiger partial charge in [0.2, 0.25) is 5.95 Å². The third-order valence-corrected chi connectivity index (χ3v) is 3.51. The van der Waals surface area contributed by atoms with Crippen molar-refractivity contribution in [1.82, 2.24) is 9.97 Å². The molecule has 0 spiro atoms. The molecule has 0 bridgehead atoms. The fourth-order valence-corrected chi connectivity index (χ4v) is 2.27. The first-order valence-electron chi connectivity index (χ1n) is 6.05. The lowest BCUT2D eigenvalue weighted by Gasteiger charge is -2.27. The Balaban J connectivity index is 2.09. The molecule has 0 aromatic carbocycles. The predicted molar refractivity (Wildman–Crippen MR) is 69.6 cm³/mol. The maximum Gasteiger partial charge on any atom is 0.239 e. The van der Waals surface area contributed by atoms with E-state index >= 15 is 0 Å². The highest BCUT2D eigenvalue weighted by Gasteiger charge is 2.32. The second kappa shape index (κ2) is 4.49. The van der Waals surface area contributed by atoms with E-state index in [9.17, 15) is 0 Å². The van der Waals surface area contributed by atoms with Gasteiger partial charge < -0.3 is 4.90 Å². The van der Waals surface area contributed by atoms with Gasteiger partial charge in [0, 0.05) is 19.3 Å². The van der Waals surface area contributed by atoms with Gasteiger partial charge in [0.15, 0.2) is 0 Å². The molecule has 0 saturated carbocycles. The number of aromatic nitrogens is 2. The van der Waals surface area contributed by atoms with Gasteiger partial charge in [-0.3, -0.25) is 5.43 Å². The van der Waals surface area contributed by atoms with Gasteiger partial charge in [-0.15, -0.1) is 0 Å². The Morgan fingerprint density at radius 1 is 1.47 bits per heavy atom. The molecule has 1 unspecified atom stereocenters. The lowest BCUT2D eigenvalue weighted by Crippen LogP contribution is -2.26. The van der Waals surface area contributed by atoms with Gasteiger partial charge in [0.05, 0.1) is 0 Å². The van der Waals surface area contributed by atoms with Gasteiger partial charge in [-0.05, 0) is 23.8 Å². The molecule has 5 nitrogen and oxygen atoms in total. The van der Waals surface area contributed by atoms with Crippen molar-refractivity contribution >= 4 is 11.8 Å². The minimum absolute atomic E-state index is 0.358. The summed E-state index contributed by atoms with van der Waals surface area (Å²) in [7, 11) is 0. The van der Waals surface area contributed by atoms with Crippen LogP contribution >= 0.6 is 0 Å². The van der Waals surface area contributed by atoms with Gasteiger partial charge in [0.25, 0.3) is 0 Å². The summed E-state index contributed by atoms with van der Waals surface area (Å²) in [6.07, 6.45) is 2.96. The molecule has 0 aliphatic carbocycles. The Kier molecular flexibility index (Phi) is 3.19. The molecule has 1 aliphatic rings. The van der Waals surface area contributed by atoms with Crippen LogP contribution in [0.4, 0.5) is 11.8 Å². The van der Waals surface area contributed by atoms with Crippen molar-refractivity contribution in [2.75, 3.05) is 23.4 Å². The third-order valence-electron chi connectivity index (χ3n) is 3.51. The Bertz CT molecular complexity index is 385. The van der Waals surface area contributed by atoms with E-state index in [1.807, 2.05) is 6.07 Å². The van der Waals surface area contributed by atoms with Crippen LogP contribution in [0, 0.1) is 11.3 Å². The molecule has 1 fully saturated rings. The van der Waals surface area contributed by atoms with Gasteiger partial charge >= 0.3 is 0 Å². The summed E-state index contributed by atoms with van der Waals surface area (Å²) in [5, 5.41) is 0. The maximum atomic E-state index is 5.32. The highest BCUT2D eigenvalue weighted by molar-refractivity contribution is 5.43. The van der Waals surface area contributed by atoms with Crippen LogP contribution in [0.15, 0.2) is 12.3 Å². The van der Waals surface area contributed by atoms with Crippen LogP contribution in [0.1, 0.15) is 27.2 Å². The van der Waals surface area contributed by atoms with Crippen molar-refractivity contribution in [2.45, 2.75) is 27.2 Å². The lowest BCUT2D eigenvalue weighted by molar-refractivity contribution is 0.263. The van der Waals surface area contributed by atoms with Gasteiger partial charge in [-0.1, -0.05) is 20.8 Å². The number of nitrogens with zero attached hydrogens (tertiary/aromatic N) is 3. The zero-order valence-electron chi connectivity index (χ0n) is 10.8. The summed E-state index contributed by atoms with van der Waals surface area (Å²) in [5.41, 5.74) is 2.84. The molecular weight excluding hydrogens is 214 g/mol. The van der Waals surface area contributed by atoms with Gasteiger partial charge in [-0.2, -0.15) is 4.98 Å². The standard InChI is InChI=1S/C12H21N5/c1-12(2,3)9-5-7-17(8-9)10-4-6-14-11(15-10)16-13/h4,6,9H,5,7-8,13H2,1-3H3,(H,14,15,16). The number of nitrogens with one attached hydrogen (secondary N) is 1. The van der Waals surface area contributed by atoms with Gasteiger partial charge in [0.1, 0.15) is 5.82 Å². The Labute approximate surface area is 102 Å². The van der Waals surface area contributed by atoms with E-state index < -0.39 is 0 Å². The molecule has 1 aliphatic heterocycles. The van der Waals surface area contributed by atoms with Crippen LogP contribution in [0.25, 0.3) is 0 Å². The first kappa shape index (κ1) is 12.1. The van der Waals surface area contributed by atoms with Crippen molar-refractivity contribution in [1.29, 1.82) is 0 Å². The van der Waals surface area contributed by atoms with Crippen LogP contribution in [-0.2, 0) is 0 Å². The van der Waals surface area contributed by atoms with Crippen LogP contribution in [-0.4, -0.2) is 23.1 Å². The van der Waals surface area contributed by atoms with Crippen LogP contribution in [0.2, 0.25) is 0 Å². The largest absolute Gasteiger partial charge is 0.356 e. The SMILES string of the molecule is CC(C)(C)C1CCN(c2ccnc(NN)n2)C1. The average Bonchev–Trinajstić information content (AvgIpc) is 2.78. The third kappa shape index (κ3) is 2.66. The fourth-order valence-electron chi connectivity index (χ4n) is 2.27. The van der Waals surface area contributed by atoms with E-state index in [-0.39, 0.29) is 0 Å². The normalized spacial score (nSPS) is 20.7. The predicted octanol–water partition coefficient (Wildman–Crippen LogP) is 1.63. The van der Waals surface area contributed by atoms with Crippen molar-refractivity contribution in [3.05, 3.63) is 12.3 Å². The number of hydrazine groups is 1. The minimum Gasteiger partial charge on any atom is -0.356 e. The number of rotatable bonds is 2. The van der Waals surface area contributed by atoms with Crippen molar-refractivity contribution in [3.8, 4) is 0 Å². The highest BCUT2D eigenvalue weighted by atomic mass is 15.3. The second-order valence-electron chi connectivity index (χ2n) is 5.68. The van der Waals surface area contributed by atoms with E-state index in [2.05, 4.69) is 41.1 Å². The number of hydrogen-bond donors (Lipinski definition) is 2. The van der Waals surface area contributed by atoms with Crippen molar-refractivity contribution < 1.29 is 0 Å². The van der Waals surface area contributed by atoms with E-state index in [4.69, 9.17) is 5.84 Å². The number of anilines is 2. The number of nitrogen functional groups attached to an aromatic ring is 1. The van der Waals surface area contributed by atoms with Crippen molar-refractivity contribution in [3.63, 3.8) is 0 Å². The molecule has 2 heterocycles. The molecule has 5 heteroatoms. The monoisotopic (exact) mass is 235 g/mol. The summed E-state index contributed by atoms with van der Waals surface area (Å²) in [4.78, 5) is 10.7. The Morgan fingerprint density at radius 3 is 2.82 bits per heavy atom. The van der Waals surface area contributed by atoms with E-state index in [1.54, 1.807) is 6.20 Å². The summed E-state index contributed by atoms with van der Waals surface area (Å²) in [6.45, 7) is 9.02. The van der Waals surface area contributed by atoms with Crippen LogP contribution in [0.3, 0.4) is 0 Å². The zero-order valence-corrected chi connectivity index (χ0v) is 10.8.